The molecule has 6 nitrogen and oxygen atoms in total. The predicted molar refractivity (Wildman–Crippen MR) is 144 cm³/mol. The third-order valence-electron chi connectivity index (χ3n) is 4.95. The lowest BCUT2D eigenvalue weighted by molar-refractivity contribution is 1.03. The summed E-state index contributed by atoms with van der Waals surface area (Å²) in [5, 5.41) is 19.1. The van der Waals surface area contributed by atoms with Crippen LogP contribution in [0.15, 0.2) is 106 Å². The summed E-state index contributed by atoms with van der Waals surface area (Å²) in [6, 6.07) is 28.1. The Bertz CT molecular complexity index is 1250. The first kappa shape index (κ1) is 22.6. The van der Waals surface area contributed by atoms with Crippen molar-refractivity contribution in [2.75, 3.05) is 10.9 Å². The summed E-state index contributed by atoms with van der Waals surface area (Å²) in [6.07, 6.45) is 7.66. The average Bonchev–Trinajstić information content (AvgIpc) is 2.86. The van der Waals surface area contributed by atoms with Crippen molar-refractivity contribution < 1.29 is 0 Å². The quantitative estimate of drug-likeness (QED) is 0.235. The van der Waals surface area contributed by atoms with Crippen LogP contribution in [0.3, 0.4) is 0 Å². The van der Waals surface area contributed by atoms with Gasteiger partial charge in [-0.05, 0) is 36.1 Å². The molecule has 0 bridgehead atoms. The molecule has 0 saturated heterocycles. The van der Waals surface area contributed by atoms with E-state index in [9.17, 15) is 0 Å². The van der Waals surface area contributed by atoms with Gasteiger partial charge in [-0.1, -0.05) is 97.1 Å². The Morgan fingerprint density at radius 1 is 0.588 bits per heavy atom. The van der Waals surface area contributed by atoms with Crippen LogP contribution in [-0.4, -0.2) is 22.6 Å². The minimum absolute atomic E-state index is 0.578. The number of anilines is 2. The lowest BCUT2D eigenvalue weighted by Gasteiger charge is -2.08. The maximum atomic E-state index is 4.34. The molecular formula is C28H26N6. The first-order valence-corrected chi connectivity index (χ1v) is 11.0. The molecule has 0 aliphatic rings. The molecule has 0 radical (unpaired) electrons. The number of hydrazone groups is 2. The van der Waals surface area contributed by atoms with Gasteiger partial charge in [-0.25, -0.2) is 0 Å². The number of rotatable bonds is 8. The van der Waals surface area contributed by atoms with E-state index in [1.165, 1.54) is 0 Å². The van der Waals surface area contributed by atoms with Crippen molar-refractivity contribution in [1.82, 2.24) is 10.2 Å². The maximum Gasteiger partial charge on any atom is 0.176 e. The molecule has 1 aromatic heterocycles. The van der Waals surface area contributed by atoms with Gasteiger partial charge in [-0.2, -0.15) is 10.2 Å². The van der Waals surface area contributed by atoms with Crippen molar-refractivity contribution in [2.45, 2.75) is 13.8 Å². The molecule has 168 valence electrons. The number of aromatic nitrogens is 2. The fourth-order valence-corrected chi connectivity index (χ4v) is 3.36. The number of hydrogen-bond acceptors (Lipinski definition) is 6. The third kappa shape index (κ3) is 6.23. The van der Waals surface area contributed by atoms with Crippen molar-refractivity contribution in [3.63, 3.8) is 0 Å². The van der Waals surface area contributed by atoms with E-state index < -0.39 is 0 Å². The number of allylic oxidation sites excluding steroid dienone is 2. The molecule has 6 heteroatoms. The van der Waals surface area contributed by atoms with Crippen LogP contribution in [0.1, 0.15) is 25.0 Å². The molecule has 2 N–H and O–H groups in total. The summed E-state index contributed by atoms with van der Waals surface area (Å²) < 4.78 is 0. The Morgan fingerprint density at radius 3 is 1.38 bits per heavy atom. The average molecular weight is 447 g/mol. The highest BCUT2D eigenvalue weighted by atomic mass is 15.4. The van der Waals surface area contributed by atoms with Gasteiger partial charge in [0.1, 0.15) is 0 Å². The third-order valence-corrected chi connectivity index (χ3v) is 4.95. The molecule has 0 unspecified atom stereocenters. The van der Waals surface area contributed by atoms with E-state index in [0.29, 0.717) is 11.6 Å². The lowest BCUT2D eigenvalue weighted by Crippen LogP contribution is -2.01. The van der Waals surface area contributed by atoms with Gasteiger partial charge in [0.05, 0.1) is 12.4 Å². The Hall–Kier alpha value is -4.58. The van der Waals surface area contributed by atoms with E-state index in [1.807, 2.05) is 74.5 Å². The van der Waals surface area contributed by atoms with Crippen molar-refractivity contribution in [2.24, 2.45) is 10.2 Å². The monoisotopic (exact) mass is 446 g/mol. The molecule has 0 aliphatic carbocycles. The Labute approximate surface area is 199 Å². The van der Waals surface area contributed by atoms with Gasteiger partial charge in [0.25, 0.3) is 0 Å². The van der Waals surface area contributed by atoms with Gasteiger partial charge in [-0.15, -0.1) is 10.2 Å². The van der Waals surface area contributed by atoms with Gasteiger partial charge in [0.15, 0.2) is 11.6 Å². The molecule has 4 aromatic rings. The first-order valence-electron chi connectivity index (χ1n) is 11.0. The first-order chi connectivity index (χ1) is 16.7. The molecule has 0 saturated carbocycles. The van der Waals surface area contributed by atoms with Crippen LogP contribution in [0.5, 0.6) is 0 Å². The molecule has 0 atom stereocenters. The zero-order valence-electron chi connectivity index (χ0n) is 19.2. The van der Waals surface area contributed by atoms with Crippen molar-refractivity contribution >= 4 is 47.0 Å². The van der Waals surface area contributed by atoms with Crippen LogP contribution in [0, 0.1) is 0 Å². The van der Waals surface area contributed by atoms with Gasteiger partial charge >= 0.3 is 0 Å². The molecule has 4 rings (SSSR count). The van der Waals surface area contributed by atoms with Crippen LogP contribution < -0.4 is 10.9 Å². The molecule has 1 heterocycles. The second kappa shape index (κ2) is 11.3. The maximum absolute atomic E-state index is 4.34. The van der Waals surface area contributed by atoms with E-state index in [1.54, 1.807) is 12.4 Å². The van der Waals surface area contributed by atoms with Gasteiger partial charge in [-0.3, -0.25) is 10.9 Å². The highest BCUT2D eigenvalue weighted by Crippen LogP contribution is 2.25. The summed E-state index contributed by atoms with van der Waals surface area (Å²) in [6.45, 7) is 4.00. The van der Waals surface area contributed by atoms with Crippen LogP contribution >= 0.6 is 0 Å². The van der Waals surface area contributed by atoms with Crippen molar-refractivity contribution in [3.05, 3.63) is 107 Å². The van der Waals surface area contributed by atoms with Crippen molar-refractivity contribution in [3.8, 4) is 0 Å². The smallest absolute Gasteiger partial charge is 0.176 e. The van der Waals surface area contributed by atoms with E-state index in [0.717, 1.165) is 33.0 Å². The number of fused-ring (bicyclic) bond motifs is 1. The number of benzene rings is 3. The second-order valence-electron chi connectivity index (χ2n) is 7.78. The van der Waals surface area contributed by atoms with Gasteiger partial charge < -0.3 is 0 Å². The molecular weight excluding hydrogens is 420 g/mol. The van der Waals surface area contributed by atoms with E-state index in [2.05, 4.69) is 67.7 Å². The Balaban J connectivity index is 1.47. The molecule has 0 fully saturated rings. The Morgan fingerprint density at radius 2 is 0.971 bits per heavy atom. The van der Waals surface area contributed by atoms with Gasteiger partial charge in [0.2, 0.25) is 0 Å². The highest BCUT2D eigenvalue weighted by Gasteiger charge is 2.07. The molecule has 34 heavy (non-hydrogen) atoms. The molecule has 0 aliphatic heterocycles. The zero-order valence-corrected chi connectivity index (χ0v) is 19.2. The fraction of sp³-hybridized carbons (Fsp3) is 0.0714. The van der Waals surface area contributed by atoms with Crippen LogP contribution in [0.2, 0.25) is 0 Å². The molecule has 0 amide bonds. The van der Waals surface area contributed by atoms with Crippen LogP contribution in [-0.2, 0) is 0 Å². The lowest BCUT2D eigenvalue weighted by atomic mass is 10.1. The minimum Gasteiger partial charge on any atom is -0.259 e. The topological polar surface area (TPSA) is 74.6 Å². The summed E-state index contributed by atoms with van der Waals surface area (Å²) in [5.74, 6) is 1.16. The van der Waals surface area contributed by atoms with Crippen LogP contribution in [0.4, 0.5) is 11.6 Å². The summed E-state index contributed by atoms with van der Waals surface area (Å²) >= 11 is 0. The van der Waals surface area contributed by atoms with E-state index >= 15 is 0 Å². The molecule has 3 aromatic carbocycles. The summed E-state index contributed by atoms with van der Waals surface area (Å²) in [5.41, 5.74) is 10.3. The Kier molecular flexibility index (Phi) is 7.54. The van der Waals surface area contributed by atoms with Crippen LogP contribution in [0.25, 0.3) is 22.9 Å². The number of hydrogen-bond donors (Lipinski definition) is 2. The SMILES string of the molecule is CC(C=NNc1nnc(NN=CC(C)=Cc2ccccc2)c2ccccc12)=Cc1ccccc1. The number of nitrogens with one attached hydrogen (secondary N) is 2. The van der Waals surface area contributed by atoms with E-state index in [-0.39, 0.29) is 0 Å². The standard InChI is InChI=1S/C28H26N6/c1-21(17-23-11-5-3-6-12-23)19-29-31-27-25-15-9-10-16-26(25)28(34-33-27)32-30-20-22(2)18-24-13-7-4-8-14-24/h3-20H,1-2H3,(H,31,33)(H,32,34). The summed E-state index contributed by atoms with van der Waals surface area (Å²) in [4.78, 5) is 0. The summed E-state index contributed by atoms with van der Waals surface area (Å²) in [7, 11) is 0. The predicted octanol–water partition coefficient (Wildman–Crippen LogP) is 6.63. The van der Waals surface area contributed by atoms with E-state index in [4.69, 9.17) is 0 Å². The zero-order chi connectivity index (χ0) is 23.6. The second-order valence-corrected chi connectivity index (χ2v) is 7.78. The van der Waals surface area contributed by atoms with Gasteiger partial charge in [0, 0.05) is 10.8 Å². The minimum atomic E-state index is 0.578. The fourth-order valence-electron chi connectivity index (χ4n) is 3.36. The molecule has 0 spiro atoms. The number of nitrogens with zero attached hydrogens (tertiary/aromatic N) is 4. The highest BCUT2D eigenvalue weighted by molar-refractivity contribution is 5.98. The van der Waals surface area contributed by atoms with Crippen molar-refractivity contribution in [1.29, 1.82) is 0 Å². The normalized spacial score (nSPS) is 12.5. The largest absolute Gasteiger partial charge is 0.259 e.